The minimum absolute atomic E-state index is 0.0208. The summed E-state index contributed by atoms with van der Waals surface area (Å²) in [5.74, 6) is -1.23. The van der Waals surface area contributed by atoms with Crippen LogP contribution in [0.15, 0.2) is 0 Å². The Morgan fingerprint density at radius 1 is 0.947 bits per heavy atom. The van der Waals surface area contributed by atoms with E-state index in [4.69, 9.17) is 0 Å². The number of alkyl halides is 3. The van der Waals surface area contributed by atoms with Gasteiger partial charge in [0.15, 0.2) is 0 Å². The molecule has 1 N–H and O–H groups in total. The largest absolute Gasteiger partial charge is 0.391 e. The van der Waals surface area contributed by atoms with E-state index in [2.05, 4.69) is 5.32 Å². The van der Waals surface area contributed by atoms with Crippen LogP contribution in [-0.2, 0) is 4.79 Å². The number of nitrogens with one attached hydrogen (secondary N) is 1. The summed E-state index contributed by atoms with van der Waals surface area (Å²) in [5, 5.41) is 2.85. The maximum atomic E-state index is 12.7. The standard InChI is InChI=1S/C14H22F3NO/c15-14(16,17)11-7-4-8-12(9-11)18-13(19)10-5-2-1-3-6-10/h10-12H,1-9H2,(H,18,19)/t11-,12+/m1/s1. The van der Waals surface area contributed by atoms with E-state index in [1.54, 1.807) is 0 Å². The average molecular weight is 277 g/mol. The Hall–Kier alpha value is -0.740. The Labute approximate surface area is 112 Å². The second-order valence-corrected chi connectivity index (χ2v) is 5.95. The van der Waals surface area contributed by atoms with Crippen molar-refractivity contribution in [2.45, 2.75) is 70.0 Å². The first kappa shape index (κ1) is 14.7. The van der Waals surface area contributed by atoms with Crippen molar-refractivity contribution >= 4 is 5.91 Å². The molecule has 0 spiro atoms. The van der Waals surface area contributed by atoms with E-state index >= 15 is 0 Å². The zero-order valence-corrected chi connectivity index (χ0v) is 11.1. The SMILES string of the molecule is O=C(N[C@H]1CCC[C@@H](C(F)(F)F)C1)C1CCCCC1. The topological polar surface area (TPSA) is 29.1 Å². The molecule has 2 aliphatic rings. The van der Waals surface area contributed by atoms with Crippen LogP contribution in [0.5, 0.6) is 0 Å². The minimum Gasteiger partial charge on any atom is -0.353 e. The van der Waals surface area contributed by atoms with E-state index in [9.17, 15) is 18.0 Å². The number of carbonyl (C=O) groups excluding carboxylic acids is 1. The summed E-state index contributed by atoms with van der Waals surface area (Å²) >= 11 is 0. The first-order valence-corrected chi connectivity index (χ1v) is 7.34. The number of halogens is 3. The third-order valence-electron chi connectivity index (χ3n) is 4.46. The van der Waals surface area contributed by atoms with E-state index in [-0.39, 0.29) is 30.7 Å². The molecule has 19 heavy (non-hydrogen) atoms. The molecule has 0 aromatic rings. The summed E-state index contributed by atoms with van der Waals surface area (Å²) in [6, 6.07) is -0.283. The van der Waals surface area contributed by atoms with E-state index in [1.165, 1.54) is 6.42 Å². The Morgan fingerprint density at radius 3 is 2.26 bits per heavy atom. The Morgan fingerprint density at radius 2 is 1.63 bits per heavy atom. The minimum atomic E-state index is -4.12. The highest BCUT2D eigenvalue weighted by atomic mass is 19.4. The predicted molar refractivity (Wildman–Crippen MR) is 66.5 cm³/mol. The van der Waals surface area contributed by atoms with Gasteiger partial charge in [0.05, 0.1) is 5.92 Å². The zero-order chi connectivity index (χ0) is 13.9. The average Bonchev–Trinajstić information content (AvgIpc) is 2.39. The number of hydrogen-bond acceptors (Lipinski definition) is 1. The van der Waals surface area contributed by atoms with Crippen LogP contribution in [0.3, 0.4) is 0 Å². The molecule has 2 fully saturated rings. The van der Waals surface area contributed by atoms with Gasteiger partial charge in [-0.1, -0.05) is 25.7 Å². The second-order valence-electron chi connectivity index (χ2n) is 5.95. The van der Waals surface area contributed by atoms with Crippen molar-refractivity contribution in [2.24, 2.45) is 11.8 Å². The van der Waals surface area contributed by atoms with E-state index < -0.39 is 12.1 Å². The zero-order valence-electron chi connectivity index (χ0n) is 11.1. The third kappa shape index (κ3) is 4.11. The van der Waals surface area contributed by atoms with Crippen LogP contribution in [0, 0.1) is 11.8 Å². The molecule has 2 saturated carbocycles. The van der Waals surface area contributed by atoms with Crippen molar-refractivity contribution in [3.63, 3.8) is 0 Å². The van der Waals surface area contributed by atoms with Crippen molar-refractivity contribution in [3.8, 4) is 0 Å². The molecule has 0 aromatic carbocycles. The Bertz CT molecular complexity index is 310. The maximum absolute atomic E-state index is 12.7. The van der Waals surface area contributed by atoms with Crippen LogP contribution >= 0.6 is 0 Å². The molecular formula is C14H22F3NO. The third-order valence-corrected chi connectivity index (χ3v) is 4.46. The van der Waals surface area contributed by atoms with Crippen molar-refractivity contribution < 1.29 is 18.0 Å². The van der Waals surface area contributed by atoms with Gasteiger partial charge in [-0.15, -0.1) is 0 Å². The smallest absolute Gasteiger partial charge is 0.353 e. The summed E-state index contributed by atoms with van der Waals surface area (Å²) in [5.41, 5.74) is 0. The normalized spacial score (nSPS) is 30.1. The van der Waals surface area contributed by atoms with Crippen molar-refractivity contribution in [2.75, 3.05) is 0 Å². The van der Waals surface area contributed by atoms with Crippen LogP contribution in [0.4, 0.5) is 13.2 Å². The lowest BCUT2D eigenvalue weighted by molar-refractivity contribution is -0.184. The summed E-state index contributed by atoms with van der Waals surface area (Å²) in [7, 11) is 0. The molecule has 1 amide bonds. The van der Waals surface area contributed by atoms with E-state index in [0.29, 0.717) is 12.8 Å². The maximum Gasteiger partial charge on any atom is 0.391 e. The van der Waals surface area contributed by atoms with E-state index in [1.807, 2.05) is 0 Å². The van der Waals surface area contributed by atoms with Gasteiger partial charge in [-0.3, -0.25) is 4.79 Å². The highest BCUT2D eigenvalue weighted by molar-refractivity contribution is 5.79. The van der Waals surface area contributed by atoms with Crippen LogP contribution in [-0.4, -0.2) is 18.1 Å². The number of hydrogen-bond donors (Lipinski definition) is 1. The first-order valence-electron chi connectivity index (χ1n) is 7.34. The number of rotatable bonds is 2. The van der Waals surface area contributed by atoms with Gasteiger partial charge in [-0.05, 0) is 32.1 Å². The van der Waals surface area contributed by atoms with E-state index in [0.717, 1.165) is 25.7 Å². The molecule has 0 bridgehead atoms. The van der Waals surface area contributed by atoms with Gasteiger partial charge in [0, 0.05) is 12.0 Å². The number of amides is 1. The Balaban J connectivity index is 1.83. The van der Waals surface area contributed by atoms with Crippen LogP contribution in [0.1, 0.15) is 57.8 Å². The molecule has 2 aliphatic carbocycles. The molecule has 0 aromatic heterocycles. The molecule has 0 radical (unpaired) electrons. The van der Waals surface area contributed by atoms with Gasteiger partial charge in [-0.2, -0.15) is 13.2 Å². The second kappa shape index (κ2) is 6.14. The molecule has 5 heteroatoms. The lowest BCUT2D eigenvalue weighted by atomic mass is 9.84. The Kier molecular flexibility index (Phi) is 4.74. The van der Waals surface area contributed by atoms with Crippen LogP contribution < -0.4 is 5.32 Å². The highest BCUT2D eigenvalue weighted by Gasteiger charge is 2.42. The lowest BCUT2D eigenvalue weighted by Crippen LogP contribution is -2.44. The van der Waals surface area contributed by atoms with Gasteiger partial charge in [0.1, 0.15) is 0 Å². The molecule has 0 heterocycles. The van der Waals surface area contributed by atoms with Gasteiger partial charge in [0.2, 0.25) is 5.91 Å². The van der Waals surface area contributed by atoms with Crippen LogP contribution in [0.2, 0.25) is 0 Å². The van der Waals surface area contributed by atoms with Gasteiger partial charge in [-0.25, -0.2) is 0 Å². The molecule has 2 nitrogen and oxygen atoms in total. The number of carbonyl (C=O) groups is 1. The molecular weight excluding hydrogens is 255 g/mol. The predicted octanol–water partition coefficient (Wildman–Crippen LogP) is 3.80. The molecule has 110 valence electrons. The van der Waals surface area contributed by atoms with Crippen LogP contribution in [0.25, 0.3) is 0 Å². The fourth-order valence-electron chi connectivity index (χ4n) is 3.30. The summed E-state index contributed by atoms with van der Waals surface area (Å²) in [4.78, 5) is 12.0. The highest BCUT2D eigenvalue weighted by Crippen LogP contribution is 2.37. The molecule has 2 atom stereocenters. The molecule has 0 saturated heterocycles. The molecule has 0 unspecified atom stereocenters. The van der Waals surface area contributed by atoms with Gasteiger partial charge < -0.3 is 5.32 Å². The summed E-state index contributed by atoms with van der Waals surface area (Å²) in [6.45, 7) is 0. The van der Waals surface area contributed by atoms with Crippen molar-refractivity contribution in [1.29, 1.82) is 0 Å². The molecule has 0 aliphatic heterocycles. The summed E-state index contributed by atoms with van der Waals surface area (Å²) in [6.07, 6.45) is 2.47. The van der Waals surface area contributed by atoms with Crippen molar-refractivity contribution in [1.82, 2.24) is 5.32 Å². The monoisotopic (exact) mass is 277 g/mol. The lowest BCUT2D eigenvalue weighted by Gasteiger charge is -2.32. The van der Waals surface area contributed by atoms with Gasteiger partial charge in [0.25, 0.3) is 0 Å². The summed E-state index contributed by atoms with van der Waals surface area (Å²) < 4.78 is 38.1. The fraction of sp³-hybridized carbons (Fsp3) is 0.929. The van der Waals surface area contributed by atoms with Crippen molar-refractivity contribution in [3.05, 3.63) is 0 Å². The van der Waals surface area contributed by atoms with Gasteiger partial charge >= 0.3 is 6.18 Å². The molecule has 2 rings (SSSR count). The quantitative estimate of drug-likeness (QED) is 0.817. The first-order chi connectivity index (χ1) is 8.97. The fourth-order valence-corrected chi connectivity index (χ4v) is 3.30.